The normalized spacial score (nSPS) is 16.2. The molecule has 2 aliphatic rings. The minimum Gasteiger partial charge on any atom is -0.497 e. The number of ether oxygens (including phenoxy) is 3. The predicted octanol–water partition coefficient (Wildman–Crippen LogP) is 8.91. The van der Waals surface area contributed by atoms with Crippen LogP contribution in [0.5, 0.6) is 11.5 Å². The van der Waals surface area contributed by atoms with Gasteiger partial charge in [0.15, 0.2) is 0 Å². The van der Waals surface area contributed by atoms with Gasteiger partial charge in [0.1, 0.15) is 11.5 Å². The molecule has 4 aromatic rings. The number of unbranched alkanes of at least 4 members (excludes halogenated alkanes) is 2. The molecule has 6 nitrogen and oxygen atoms in total. The maximum Gasteiger partial charge on any atom is 0.341 e. The highest BCUT2D eigenvalue weighted by Gasteiger charge is 2.50. The molecule has 1 unspecified atom stereocenters. The fourth-order valence-corrected chi connectivity index (χ4v) is 7.69. The van der Waals surface area contributed by atoms with Crippen molar-refractivity contribution in [2.24, 2.45) is 0 Å². The van der Waals surface area contributed by atoms with Crippen molar-refractivity contribution in [1.82, 2.24) is 0 Å². The Balaban J connectivity index is 1.79. The number of benzene rings is 4. The number of aliphatic hydroxyl groups is 1. The first-order chi connectivity index (χ1) is 21.6. The molecule has 1 N–H and O–H groups in total. The molecule has 6 heteroatoms. The van der Waals surface area contributed by atoms with E-state index in [4.69, 9.17) is 14.2 Å². The third-order valence-electron chi connectivity index (χ3n) is 9.96. The van der Waals surface area contributed by atoms with Crippen molar-refractivity contribution in [2.45, 2.75) is 90.3 Å². The molecule has 0 aromatic heterocycles. The minimum absolute atomic E-state index is 0.399. The number of cyclic esters (lactones) is 1. The lowest BCUT2D eigenvalue weighted by atomic mass is 9.68. The van der Waals surface area contributed by atoms with Crippen LogP contribution in [0.15, 0.2) is 60.7 Å². The molecule has 1 heterocycles. The number of fused-ring (bicyclic) bond motifs is 7. The molecule has 0 radical (unpaired) electrons. The highest BCUT2D eigenvalue weighted by molar-refractivity contribution is 6.10. The van der Waals surface area contributed by atoms with Crippen LogP contribution in [0.3, 0.4) is 0 Å². The lowest BCUT2D eigenvalue weighted by Crippen LogP contribution is -2.28. The van der Waals surface area contributed by atoms with Crippen molar-refractivity contribution in [3.8, 4) is 22.6 Å². The van der Waals surface area contributed by atoms with E-state index in [2.05, 4.69) is 45.9 Å². The summed E-state index contributed by atoms with van der Waals surface area (Å²) < 4.78 is 17.1. The summed E-state index contributed by atoms with van der Waals surface area (Å²) in [5.74, 6) is 0.211. The van der Waals surface area contributed by atoms with Gasteiger partial charge in [-0.15, -0.1) is 0 Å². The Morgan fingerprint density at radius 1 is 0.911 bits per heavy atom. The summed E-state index contributed by atoms with van der Waals surface area (Å²) in [6.45, 7) is 10.1. The molecule has 4 aromatic carbocycles. The molecule has 0 spiro atoms. The van der Waals surface area contributed by atoms with E-state index in [0.29, 0.717) is 22.6 Å². The van der Waals surface area contributed by atoms with Gasteiger partial charge in [-0.25, -0.2) is 4.79 Å². The number of hydrogen-bond acceptors (Lipinski definition) is 6. The third-order valence-corrected chi connectivity index (χ3v) is 9.96. The summed E-state index contributed by atoms with van der Waals surface area (Å²) in [6, 6.07) is 20.2. The van der Waals surface area contributed by atoms with Crippen LogP contribution in [-0.2, 0) is 20.4 Å². The first-order valence-corrected chi connectivity index (χ1v) is 16.1. The van der Waals surface area contributed by atoms with Crippen molar-refractivity contribution < 1.29 is 28.9 Å². The summed E-state index contributed by atoms with van der Waals surface area (Å²) in [5, 5.41) is 13.1. The van der Waals surface area contributed by atoms with Crippen molar-refractivity contribution in [3.63, 3.8) is 0 Å². The van der Waals surface area contributed by atoms with Gasteiger partial charge in [0.05, 0.1) is 12.7 Å². The first-order valence-electron chi connectivity index (χ1n) is 16.1. The summed E-state index contributed by atoms with van der Waals surface area (Å²) in [7, 11) is 1.61. The van der Waals surface area contributed by atoms with Gasteiger partial charge in [-0.3, -0.25) is 4.79 Å². The van der Waals surface area contributed by atoms with Gasteiger partial charge in [-0.1, -0.05) is 89.8 Å². The van der Waals surface area contributed by atoms with E-state index in [1.807, 2.05) is 42.5 Å². The van der Waals surface area contributed by atoms with Crippen LogP contribution in [0.4, 0.5) is 0 Å². The largest absolute Gasteiger partial charge is 0.497 e. The lowest BCUT2D eigenvalue weighted by Gasteiger charge is -2.35. The van der Waals surface area contributed by atoms with Crippen LogP contribution >= 0.6 is 0 Å². The number of esters is 2. The van der Waals surface area contributed by atoms with Crippen LogP contribution in [0, 0.1) is 0 Å². The average Bonchev–Trinajstić information content (AvgIpc) is 3.48. The number of carbonyl (C=O) groups excluding carboxylic acids is 2. The SMILES string of the molecule is CCCCC1(CCCC)c2cc(C(C)(C)c3ccccc3)c3c(c2-c2c1cc(OC(C)=O)c1cc(OC)ccc21)C(O)OC3=O. The number of carbonyl (C=O) groups is 2. The molecule has 0 fully saturated rings. The topological polar surface area (TPSA) is 82.1 Å². The highest BCUT2D eigenvalue weighted by atomic mass is 16.6. The Bertz CT molecular complexity index is 1790. The van der Waals surface area contributed by atoms with Crippen LogP contribution in [-0.4, -0.2) is 24.2 Å². The van der Waals surface area contributed by atoms with E-state index in [1.165, 1.54) is 6.92 Å². The molecule has 234 valence electrons. The maximum absolute atomic E-state index is 13.7. The van der Waals surface area contributed by atoms with Gasteiger partial charge in [0.25, 0.3) is 0 Å². The van der Waals surface area contributed by atoms with Gasteiger partial charge in [-0.05, 0) is 75.9 Å². The lowest BCUT2D eigenvalue weighted by molar-refractivity contribution is -0.131. The van der Waals surface area contributed by atoms with Crippen LogP contribution < -0.4 is 9.47 Å². The molecular weight excluding hydrogens is 564 g/mol. The van der Waals surface area contributed by atoms with Crippen molar-refractivity contribution in [3.05, 3.63) is 94.0 Å². The second-order valence-corrected chi connectivity index (χ2v) is 13.0. The van der Waals surface area contributed by atoms with E-state index in [9.17, 15) is 14.7 Å². The molecule has 6 rings (SSSR count). The van der Waals surface area contributed by atoms with E-state index >= 15 is 0 Å². The Morgan fingerprint density at radius 3 is 2.20 bits per heavy atom. The number of hydrogen-bond donors (Lipinski definition) is 1. The molecule has 0 amide bonds. The fraction of sp³-hybridized carbons (Fsp3) is 0.385. The fourth-order valence-electron chi connectivity index (χ4n) is 7.69. The quantitative estimate of drug-likeness (QED) is 0.143. The first kappa shape index (κ1) is 30.8. The Labute approximate surface area is 265 Å². The van der Waals surface area contributed by atoms with Crippen molar-refractivity contribution in [1.29, 1.82) is 0 Å². The van der Waals surface area contributed by atoms with Crippen LogP contribution in [0.1, 0.15) is 118 Å². The number of rotatable bonds is 10. The smallest absolute Gasteiger partial charge is 0.341 e. The van der Waals surface area contributed by atoms with E-state index in [-0.39, 0.29) is 0 Å². The average molecular weight is 607 g/mol. The standard InChI is InChI=1S/C39H42O6/c1-7-9-18-39(19-10-8-2)29-21-28(38(4,5)24-14-12-11-13-15-24)34-35(37(42)45-36(34)41)33(29)32-26-17-16-25(43-6)20-27(26)31(22-30(32)39)44-23(3)40/h11-17,20-22,37,42H,7-10,18-19H2,1-6H3. The molecule has 0 bridgehead atoms. The highest BCUT2D eigenvalue weighted by Crippen LogP contribution is 2.61. The van der Waals surface area contributed by atoms with Gasteiger partial charge >= 0.3 is 11.9 Å². The third kappa shape index (κ3) is 4.82. The Morgan fingerprint density at radius 2 is 1.58 bits per heavy atom. The molecule has 1 atom stereocenters. The second kappa shape index (κ2) is 11.6. The minimum atomic E-state index is -1.39. The van der Waals surface area contributed by atoms with E-state index < -0.39 is 29.1 Å². The molecule has 0 saturated carbocycles. The number of methoxy groups -OCH3 is 1. The van der Waals surface area contributed by atoms with Crippen LogP contribution in [0.25, 0.3) is 21.9 Å². The van der Waals surface area contributed by atoms with Gasteiger partial charge in [-0.2, -0.15) is 0 Å². The Hall–Kier alpha value is -4.16. The Kier molecular flexibility index (Phi) is 7.98. The predicted molar refractivity (Wildman–Crippen MR) is 176 cm³/mol. The van der Waals surface area contributed by atoms with Gasteiger partial charge in [0, 0.05) is 28.7 Å². The molecule has 45 heavy (non-hydrogen) atoms. The zero-order valence-electron chi connectivity index (χ0n) is 27.1. The van der Waals surface area contributed by atoms with Gasteiger partial charge < -0.3 is 19.3 Å². The van der Waals surface area contributed by atoms with Crippen LogP contribution in [0.2, 0.25) is 0 Å². The molecule has 0 saturated heterocycles. The summed E-state index contributed by atoms with van der Waals surface area (Å²) in [5.41, 5.74) is 5.90. The van der Waals surface area contributed by atoms with Crippen molar-refractivity contribution in [2.75, 3.05) is 7.11 Å². The van der Waals surface area contributed by atoms with Gasteiger partial charge in [0.2, 0.25) is 6.29 Å². The summed E-state index contributed by atoms with van der Waals surface area (Å²) >= 11 is 0. The molecule has 1 aliphatic carbocycles. The molecule has 1 aliphatic heterocycles. The summed E-state index contributed by atoms with van der Waals surface area (Å²) in [6.07, 6.45) is 4.35. The zero-order valence-corrected chi connectivity index (χ0v) is 27.1. The van der Waals surface area contributed by atoms with Crippen molar-refractivity contribution >= 4 is 22.7 Å². The van der Waals surface area contributed by atoms with E-state index in [1.54, 1.807) is 7.11 Å². The van der Waals surface area contributed by atoms with E-state index in [0.717, 1.165) is 82.7 Å². The summed E-state index contributed by atoms with van der Waals surface area (Å²) in [4.78, 5) is 26.1. The second-order valence-electron chi connectivity index (χ2n) is 13.0. The monoisotopic (exact) mass is 606 g/mol. The molecular formula is C39H42O6. The zero-order chi connectivity index (χ0) is 32.1. The number of aliphatic hydroxyl groups excluding tert-OH is 1. The maximum atomic E-state index is 13.7.